The standard InChI is InChI=1S/C21H23N3O5/c1-12-9-17-19(21(25)24(12)7-8-26-2)18(15(11-22)20(23)29-17)14-6-5-13(27-3)10-16(14)28-4/h5-6,9-10,18H,7-8,23H2,1-4H3. The molecule has 1 unspecified atom stereocenters. The summed E-state index contributed by atoms with van der Waals surface area (Å²) in [5, 5.41) is 9.78. The summed E-state index contributed by atoms with van der Waals surface area (Å²) < 4.78 is 23.2. The Morgan fingerprint density at radius 3 is 2.62 bits per heavy atom. The Balaban J connectivity index is 2.30. The molecule has 0 saturated heterocycles. The number of pyridine rings is 1. The lowest BCUT2D eigenvalue weighted by Gasteiger charge is -2.28. The third kappa shape index (κ3) is 3.52. The van der Waals surface area contributed by atoms with Crippen molar-refractivity contribution < 1.29 is 18.9 Å². The maximum atomic E-state index is 13.4. The zero-order valence-electron chi connectivity index (χ0n) is 16.8. The van der Waals surface area contributed by atoms with Gasteiger partial charge in [0.1, 0.15) is 28.9 Å². The van der Waals surface area contributed by atoms with E-state index in [1.54, 1.807) is 43.1 Å². The zero-order chi connectivity index (χ0) is 21.1. The van der Waals surface area contributed by atoms with Crippen molar-refractivity contribution in [2.75, 3.05) is 27.9 Å². The van der Waals surface area contributed by atoms with Crippen molar-refractivity contribution in [1.29, 1.82) is 5.26 Å². The summed E-state index contributed by atoms with van der Waals surface area (Å²) in [6, 6.07) is 9.06. The van der Waals surface area contributed by atoms with Gasteiger partial charge in [0.2, 0.25) is 5.88 Å². The molecular formula is C21H23N3O5. The number of methoxy groups -OCH3 is 3. The number of aryl methyl sites for hydroxylation is 1. The molecule has 0 fully saturated rings. The monoisotopic (exact) mass is 397 g/mol. The Labute approximate surface area is 168 Å². The van der Waals surface area contributed by atoms with Crippen LogP contribution in [-0.4, -0.2) is 32.5 Å². The quantitative estimate of drug-likeness (QED) is 0.794. The van der Waals surface area contributed by atoms with Gasteiger partial charge in [-0.25, -0.2) is 0 Å². The van der Waals surface area contributed by atoms with E-state index in [4.69, 9.17) is 24.7 Å². The number of rotatable bonds is 6. The highest BCUT2D eigenvalue weighted by molar-refractivity contribution is 5.59. The molecule has 0 aliphatic carbocycles. The zero-order valence-corrected chi connectivity index (χ0v) is 16.8. The fourth-order valence-corrected chi connectivity index (χ4v) is 3.51. The molecule has 1 aromatic carbocycles. The lowest BCUT2D eigenvalue weighted by Crippen LogP contribution is -2.33. The molecule has 152 valence electrons. The molecule has 0 amide bonds. The van der Waals surface area contributed by atoms with Crippen LogP contribution in [0.5, 0.6) is 17.2 Å². The first-order valence-electron chi connectivity index (χ1n) is 8.99. The van der Waals surface area contributed by atoms with Gasteiger partial charge in [0.05, 0.1) is 32.3 Å². The Hall–Kier alpha value is -3.44. The van der Waals surface area contributed by atoms with Crippen LogP contribution in [0.2, 0.25) is 0 Å². The van der Waals surface area contributed by atoms with Gasteiger partial charge in [0, 0.05) is 37.0 Å². The molecule has 0 spiro atoms. The minimum Gasteiger partial charge on any atom is -0.497 e. The number of nitrogens with two attached hydrogens (primary N) is 1. The maximum absolute atomic E-state index is 13.4. The number of fused-ring (bicyclic) bond motifs is 1. The van der Waals surface area contributed by atoms with Crippen LogP contribution in [0.4, 0.5) is 0 Å². The first kappa shape index (κ1) is 20.3. The summed E-state index contributed by atoms with van der Waals surface area (Å²) >= 11 is 0. The van der Waals surface area contributed by atoms with E-state index in [0.29, 0.717) is 47.2 Å². The molecule has 0 bridgehead atoms. The second-order valence-corrected chi connectivity index (χ2v) is 6.55. The highest BCUT2D eigenvalue weighted by Crippen LogP contribution is 2.44. The second kappa shape index (κ2) is 8.29. The van der Waals surface area contributed by atoms with Crippen molar-refractivity contribution in [2.45, 2.75) is 19.4 Å². The normalized spacial score (nSPS) is 15.3. The number of hydrogen-bond donors (Lipinski definition) is 1. The molecule has 1 aromatic heterocycles. The van der Waals surface area contributed by atoms with Crippen LogP contribution >= 0.6 is 0 Å². The third-order valence-corrected chi connectivity index (χ3v) is 4.96. The Morgan fingerprint density at radius 1 is 1.24 bits per heavy atom. The molecule has 1 aliphatic heterocycles. The van der Waals surface area contributed by atoms with Crippen LogP contribution in [0.25, 0.3) is 0 Å². The largest absolute Gasteiger partial charge is 0.497 e. The molecule has 8 nitrogen and oxygen atoms in total. The van der Waals surface area contributed by atoms with Gasteiger partial charge in [0.25, 0.3) is 5.56 Å². The van der Waals surface area contributed by atoms with E-state index in [-0.39, 0.29) is 17.0 Å². The summed E-state index contributed by atoms with van der Waals surface area (Å²) in [5.74, 6) is 0.643. The fourth-order valence-electron chi connectivity index (χ4n) is 3.51. The van der Waals surface area contributed by atoms with Crippen LogP contribution in [0.3, 0.4) is 0 Å². The van der Waals surface area contributed by atoms with Crippen LogP contribution in [-0.2, 0) is 11.3 Å². The van der Waals surface area contributed by atoms with E-state index in [9.17, 15) is 10.1 Å². The molecule has 2 aromatic rings. The minimum atomic E-state index is -0.730. The molecule has 2 N–H and O–H groups in total. The highest BCUT2D eigenvalue weighted by atomic mass is 16.5. The Bertz CT molecular complexity index is 1070. The predicted octanol–water partition coefficient (Wildman–Crippen LogP) is 2.04. The van der Waals surface area contributed by atoms with Gasteiger partial charge in [-0.2, -0.15) is 5.26 Å². The molecule has 1 atom stereocenters. The molecule has 1 aliphatic rings. The van der Waals surface area contributed by atoms with Gasteiger partial charge >= 0.3 is 0 Å². The van der Waals surface area contributed by atoms with E-state index in [0.717, 1.165) is 0 Å². The number of hydrogen-bond acceptors (Lipinski definition) is 7. The lowest BCUT2D eigenvalue weighted by molar-refractivity contribution is 0.185. The van der Waals surface area contributed by atoms with Crippen molar-refractivity contribution >= 4 is 0 Å². The topological polar surface area (TPSA) is 109 Å². The van der Waals surface area contributed by atoms with Crippen LogP contribution in [0.15, 0.2) is 40.5 Å². The highest BCUT2D eigenvalue weighted by Gasteiger charge is 2.36. The first-order valence-corrected chi connectivity index (χ1v) is 8.99. The molecule has 29 heavy (non-hydrogen) atoms. The third-order valence-electron chi connectivity index (χ3n) is 4.96. The molecule has 2 heterocycles. The average Bonchev–Trinajstić information content (AvgIpc) is 2.72. The van der Waals surface area contributed by atoms with Gasteiger partial charge in [-0.05, 0) is 13.0 Å². The van der Waals surface area contributed by atoms with Crippen molar-refractivity contribution in [3.8, 4) is 23.3 Å². The van der Waals surface area contributed by atoms with Crippen LogP contribution < -0.4 is 25.5 Å². The van der Waals surface area contributed by atoms with Crippen molar-refractivity contribution in [3.05, 3.63) is 62.9 Å². The summed E-state index contributed by atoms with van der Waals surface area (Å²) in [6.07, 6.45) is 0. The number of ether oxygens (including phenoxy) is 4. The van der Waals surface area contributed by atoms with Crippen LogP contribution in [0, 0.1) is 18.3 Å². The number of nitriles is 1. The first-order chi connectivity index (χ1) is 14.0. The SMILES string of the molecule is COCCn1c(C)cc2c(c1=O)C(c1ccc(OC)cc1OC)C(C#N)=C(N)O2. The van der Waals surface area contributed by atoms with Gasteiger partial charge < -0.3 is 29.2 Å². The van der Waals surface area contributed by atoms with E-state index in [1.165, 1.54) is 7.11 Å². The van der Waals surface area contributed by atoms with Gasteiger partial charge in [-0.3, -0.25) is 4.79 Å². The fraction of sp³-hybridized carbons (Fsp3) is 0.333. The number of aromatic nitrogens is 1. The Morgan fingerprint density at radius 2 is 2.00 bits per heavy atom. The summed E-state index contributed by atoms with van der Waals surface area (Å²) in [6.45, 7) is 2.56. The van der Waals surface area contributed by atoms with Crippen molar-refractivity contribution in [3.63, 3.8) is 0 Å². The van der Waals surface area contributed by atoms with E-state index < -0.39 is 5.92 Å². The van der Waals surface area contributed by atoms with E-state index >= 15 is 0 Å². The molecule has 3 rings (SSSR count). The number of allylic oxidation sites excluding steroid dienone is 1. The second-order valence-electron chi connectivity index (χ2n) is 6.55. The summed E-state index contributed by atoms with van der Waals surface area (Å²) in [7, 11) is 4.64. The smallest absolute Gasteiger partial charge is 0.258 e. The molecule has 0 saturated carbocycles. The van der Waals surface area contributed by atoms with E-state index in [2.05, 4.69) is 6.07 Å². The van der Waals surface area contributed by atoms with Crippen molar-refractivity contribution in [2.24, 2.45) is 5.73 Å². The van der Waals surface area contributed by atoms with Gasteiger partial charge in [0.15, 0.2) is 0 Å². The van der Waals surface area contributed by atoms with Gasteiger partial charge in [-0.1, -0.05) is 6.07 Å². The van der Waals surface area contributed by atoms with Crippen LogP contribution in [0.1, 0.15) is 22.7 Å². The van der Waals surface area contributed by atoms with E-state index in [1.807, 2.05) is 6.92 Å². The lowest BCUT2D eigenvalue weighted by atomic mass is 9.83. The van der Waals surface area contributed by atoms with Crippen molar-refractivity contribution in [1.82, 2.24) is 4.57 Å². The molecule has 0 radical (unpaired) electrons. The predicted molar refractivity (Wildman–Crippen MR) is 106 cm³/mol. The average molecular weight is 397 g/mol. The molecular weight excluding hydrogens is 374 g/mol. The summed E-state index contributed by atoms with van der Waals surface area (Å²) in [5.41, 5.74) is 7.59. The number of nitrogens with zero attached hydrogens (tertiary/aromatic N) is 2. The maximum Gasteiger partial charge on any atom is 0.258 e. The molecule has 8 heteroatoms. The minimum absolute atomic E-state index is 0.0312. The number of benzene rings is 1. The Kier molecular flexibility index (Phi) is 5.80. The summed E-state index contributed by atoms with van der Waals surface area (Å²) in [4.78, 5) is 13.4. The van der Waals surface area contributed by atoms with Gasteiger partial charge in [-0.15, -0.1) is 0 Å².